The zero-order valence-corrected chi connectivity index (χ0v) is 20.6. The molecule has 1 saturated carbocycles. The lowest BCUT2D eigenvalue weighted by Gasteiger charge is -2.39. The summed E-state index contributed by atoms with van der Waals surface area (Å²) in [7, 11) is 4.17. The second-order valence-corrected chi connectivity index (χ2v) is 9.63. The first-order chi connectivity index (χ1) is 13.2. The third-order valence-electron chi connectivity index (χ3n) is 6.58. The van der Waals surface area contributed by atoms with E-state index in [1.54, 1.807) is 0 Å². The smallest absolute Gasteiger partial charge is 0.191 e. The average Bonchev–Trinajstić information content (AvgIpc) is 3.23. The van der Waals surface area contributed by atoms with Crippen molar-refractivity contribution < 1.29 is 0 Å². The van der Waals surface area contributed by atoms with Crippen LogP contribution in [0.5, 0.6) is 0 Å². The van der Waals surface area contributed by atoms with Crippen LogP contribution in [0.4, 0.5) is 0 Å². The maximum atomic E-state index is 4.52. The minimum Gasteiger partial charge on any atom is -0.356 e. The number of halogens is 1. The second-order valence-electron chi connectivity index (χ2n) is 8.65. The van der Waals surface area contributed by atoms with E-state index in [0.717, 1.165) is 25.1 Å². The number of rotatable bonds is 5. The number of likely N-dealkylation sites (tertiary alicyclic amines) is 2. The Hall–Kier alpha value is -0.380. The fourth-order valence-corrected chi connectivity index (χ4v) is 6.06. The van der Waals surface area contributed by atoms with Crippen molar-refractivity contribution in [3.63, 3.8) is 0 Å². The first-order valence-corrected chi connectivity index (χ1v) is 11.5. The molecular formula is C21H36IN5S. The van der Waals surface area contributed by atoms with Crippen LogP contribution in [0.2, 0.25) is 0 Å². The SMILES string of the molecule is CN=C(NCC1CCCN(C)C1c1cccs1)NC1CC(C)N(C2CC2)C1.I. The molecule has 4 rings (SSSR count). The molecule has 0 bridgehead atoms. The maximum Gasteiger partial charge on any atom is 0.191 e. The molecule has 7 heteroatoms. The molecule has 2 N–H and O–H groups in total. The molecule has 28 heavy (non-hydrogen) atoms. The molecule has 3 aliphatic rings. The topological polar surface area (TPSA) is 42.9 Å². The first-order valence-electron chi connectivity index (χ1n) is 10.6. The van der Waals surface area contributed by atoms with Crippen LogP contribution in [0.25, 0.3) is 0 Å². The molecule has 4 unspecified atom stereocenters. The van der Waals surface area contributed by atoms with Gasteiger partial charge in [0.1, 0.15) is 0 Å². The van der Waals surface area contributed by atoms with Crippen molar-refractivity contribution in [2.75, 3.05) is 33.7 Å². The molecule has 1 aliphatic carbocycles. The summed E-state index contributed by atoms with van der Waals surface area (Å²) < 4.78 is 0. The van der Waals surface area contributed by atoms with Gasteiger partial charge in [0, 0.05) is 49.2 Å². The molecule has 1 aromatic rings. The van der Waals surface area contributed by atoms with E-state index in [2.05, 4.69) is 56.9 Å². The molecular weight excluding hydrogens is 481 g/mol. The highest BCUT2D eigenvalue weighted by Gasteiger charge is 2.39. The average molecular weight is 518 g/mol. The van der Waals surface area contributed by atoms with Gasteiger partial charge in [-0.2, -0.15) is 0 Å². The number of piperidine rings is 1. The molecule has 2 aliphatic heterocycles. The minimum atomic E-state index is 0. The summed E-state index contributed by atoms with van der Waals surface area (Å²) in [5.41, 5.74) is 0. The highest BCUT2D eigenvalue weighted by Crippen LogP contribution is 2.37. The van der Waals surface area contributed by atoms with Crippen LogP contribution >= 0.6 is 35.3 Å². The van der Waals surface area contributed by atoms with Gasteiger partial charge in [0.05, 0.1) is 0 Å². The van der Waals surface area contributed by atoms with Crippen LogP contribution in [0.3, 0.4) is 0 Å². The van der Waals surface area contributed by atoms with Gasteiger partial charge in [0.15, 0.2) is 5.96 Å². The molecule has 158 valence electrons. The molecule has 1 aromatic heterocycles. The maximum absolute atomic E-state index is 4.52. The highest BCUT2D eigenvalue weighted by molar-refractivity contribution is 14.0. The van der Waals surface area contributed by atoms with E-state index in [1.807, 2.05) is 18.4 Å². The fraction of sp³-hybridized carbons (Fsp3) is 0.762. The van der Waals surface area contributed by atoms with Crippen molar-refractivity contribution in [1.29, 1.82) is 0 Å². The highest BCUT2D eigenvalue weighted by atomic mass is 127. The monoisotopic (exact) mass is 517 g/mol. The van der Waals surface area contributed by atoms with Crippen molar-refractivity contribution in [2.45, 2.75) is 63.2 Å². The summed E-state index contributed by atoms with van der Waals surface area (Å²) in [5, 5.41) is 9.55. The Morgan fingerprint density at radius 2 is 2.14 bits per heavy atom. The van der Waals surface area contributed by atoms with Gasteiger partial charge in [-0.3, -0.25) is 14.8 Å². The molecule has 0 radical (unpaired) electrons. The summed E-state index contributed by atoms with van der Waals surface area (Å²) >= 11 is 1.89. The quantitative estimate of drug-likeness (QED) is 0.356. The Balaban J connectivity index is 0.00000225. The summed E-state index contributed by atoms with van der Waals surface area (Å²) in [6.45, 7) is 5.72. The van der Waals surface area contributed by atoms with E-state index in [-0.39, 0.29) is 24.0 Å². The number of nitrogens with one attached hydrogen (secondary N) is 2. The molecule has 0 amide bonds. The third kappa shape index (κ3) is 5.21. The predicted octanol–water partition coefficient (Wildman–Crippen LogP) is 3.54. The summed E-state index contributed by atoms with van der Waals surface area (Å²) in [5.74, 6) is 1.61. The lowest BCUT2D eigenvalue weighted by molar-refractivity contribution is 0.125. The van der Waals surface area contributed by atoms with Gasteiger partial charge in [-0.05, 0) is 70.0 Å². The van der Waals surface area contributed by atoms with E-state index in [4.69, 9.17) is 0 Å². The Labute approximate surface area is 191 Å². The second kappa shape index (κ2) is 10.1. The Bertz CT molecular complexity index is 633. The van der Waals surface area contributed by atoms with Crippen molar-refractivity contribution in [3.8, 4) is 0 Å². The van der Waals surface area contributed by atoms with E-state index in [1.165, 1.54) is 43.5 Å². The summed E-state index contributed by atoms with van der Waals surface area (Å²) in [4.78, 5) is 11.2. The minimum absolute atomic E-state index is 0. The van der Waals surface area contributed by atoms with Crippen LogP contribution in [-0.2, 0) is 0 Å². The lowest BCUT2D eigenvalue weighted by Crippen LogP contribution is -2.48. The van der Waals surface area contributed by atoms with Crippen LogP contribution in [0.1, 0.15) is 49.9 Å². The number of guanidine groups is 1. The number of nitrogens with zero attached hydrogens (tertiary/aromatic N) is 3. The van der Waals surface area contributed by atoms with Crippen molar-refractivity contribution >= 4 is 41.3 Å². The Morgan fingerprint density at radius 3 is 2.82 bits per heavy atom. The molecule has 0 spiro atoms. The van der Waals surface area contributed by atoms with Crippen LogP contribution < -0.4 is 10.6 Å². The van der Waals surface area contributed by atoms with E-state index >= 15 is 0 Å². The number of hydrogen-bond donors (Lipinski definition) is 2. The number of thiophene rings is 1. The molecule has 2 saturated heterocycles. The Morgan fingerprint density at radius 1 is 1.32 bits per heavy atom. The largest absolute Gasteiger partial charge is 0.356 e. The van der Waals surface area contributed by atoms with Gasteiger partial charge in [0.2, 0.25) is 0 Å². The van der Waals surface area contributed by atoms with Crippen molar-refractivity contribution in [2.24, 2.45) is 10.9 Å². The molecule has 4 atom stereocenters. The van der Waals surface area contributed by atoms with E-state index in [9.17, 15) is 0 Å². The van der Waals surface area contributed by atoms with E-state index < -0.39 is 0 Å². The standard InChI is InChI=1S/C21H35N5S.HI/c1-15-12-17(14-26(15)18-8-9-18)24-21(22-2)23-13-16-6-4-10-25(3)20(16)19-7-5-11-27-19;/h5,7,11,15-18,20H,4,6,8-10,12-14H2,1-3H3,(H2,22,23,24);1H. The van der Waals surface area contributed by atoms with E-state index in [0.29, 0.717) is 24.0 Å². The molecule has 3 heterocycles. The van der Waals surface area contributed by atoms with Gasteiger partial charge >= 0.3 is 0 Å². The number of aliphatic imine (C=N–C) groups is 1. The van der Waals surface area contributed by atoms with Gasteiger partial charge in [-0.15, -0.1) is 35.3 Å². The van der Waals surface area contributed by atoms with Crippen molar-refractivity contribution in [3.05, 3.63) is 22.4 Å². The predicted molar refractivity (Wildman–Crippen MR) is 130 cm³/mol. The lowest BCUT2D eigenvalue weighted by atomic mass is 9.88. The van der Waals surface area contributed by atoms with Crippen LogP contribution in [0.15, 0.2) is 22.5 Å². The zero-order valence-electron chi connectivity index (χ0n) is 17.4. The van der Waals surface area contributed by atoms with Crippen LogP contribution in [-0.4, -0.2) is 67.6 Å². The molecule has 3 fully saturated rings. The molecule has 0 aromatic carbocycles. The molecule has 5 nitrogen and oxygen atoms in total. The first kappa shape index (κ1) is 22.3. The van der Waals surface area contributed by atoms with Gasteiger partial charge in [-0.1, -0.05) is 6.07 Å². The number of hydrogen-bond acceptors (Lipinski definition) is 4. The van der Waals surface area contributed by atoms with Gasteiger partial charge in [0.25, 0.3) is 0 Å². The van der Waals surface area contributed by atoms with Crippen molar-refractivity contribution in [1.82, 2.24) is 20.4 Å². The summed E-state index contributed by atoms with van der Waals surface area (Å²) in [6, 6.07) is 7.08. The fourth-order valence-electron chi connectivity index (χ4n) is 5.07. The summed E-state index contributed by atoms with van der Waals surface area (Å²) in [6.07, 6.45) is 6.58. The van der Waals surface area contributed by atoms with Gasteiger partial charge in [-0.25, -0.2) is 0 Å². The van der Waals surface area contributed by atoms with Gasteiger partial charge < -0.3 is 10.6 Å². The normalized spacial score (nSPS) is 32.2. The zero-order chi connectivity index (χ0) is 18.8. The third-order valence-corrected chi connectivity index (χ3v) is 7.52. The van der Waals surface area contributed by atoms with Crippen LogP contribution in [0, 0.1) is 5.92 Å². The Kier molecular flexibility index (Phi) is 8.04.